The Labute approximate surface area is 121 Å². The van der Waals surface area contributed by atoms with E-state index in [9.17, 15) is 4.79 Å². The van der Waals surface area contributed by atoms with E-state index in [0.29, 0.717) is 5.92 Å². The van der Waals surface area contributed by atoms with E-state index in [1.54, 1.807) is 0 Å². The van der Waals surface area contributed by atoms with Gasteiger partial charge < -0.3 is 16.0 Å². The number of hydrogen-bond donors (Lipinski definition) is 2. The van der Waals surface area contributed by atoms with Gasteiger partial charge in [0, 0.05) is 25.5 Å². The van der Waals surface area contributed by atoms with E-state index in [4.69, 9.17) is 5.73 Å². The van der Waals surface area contributed by atoms with Crippen LogP contribution in [0.5, 0.6) is 0 Å². The number of nitrogens with two attached hydrogens (primary N) is 1. The highest BCUT2D eigenvalue weighted by Gasteiger charge is 2.37. The van der Waals surface area contributed by atoms with Crippen LogP contribution in [0.3, 0.4) is 0 Å². The van der Waals surface area contributed by atoms with Gasteiger partial charge in [0.05, 0.1) is 5.54 Å². The maximum atomic E-state index is 12.5. The van der Waals surface area contributed by atoms with Crippen LogP contribution < -0.4 is 16.0 Å². The Kier molecular flexibility index (Phi) is 4.33. The molecule has 20 heavy (non-hydrogen) atoms. The van der Waals surface area contributed by atoms with E-state index in [0.717, 1.165) is 30.6 Å². The molecule has 2 unspecified atom stereocenters. The summed E-state index contributed by atoms with van der Waals surface area (Å²) in [5.74, 6) is 0.465. The van der Waals surface area contributed by atoms with Crippen molar-refractivity contribution < 1.29 is 4.79 Å². The average Bonchev–Trinajstić information content (AvgIpc) is 2.38. The largest absolute Gasteiger partial charge is 0.378 e. The SMILES string of the molecule is CC1CCCC(N)(C(=O)Nc2cccc(N(C)C)c2)C1. The van der Waals surface area contributed by atoms with E-state index in [-0.39, 0.29) is 5.91 Å². The molecular weight excluding hydrogens is 250 g/mol. The molecule has 1 aromatic carbocycles. The lowest BCUT2D eigenvalue weighted by Gasteiger charge is -2.35. The lowest BCUT2D eigenvalue weighted by molar-refractivity contribution is -0.122. The van der Waals surface area contributed by atoms with Crippen LogP contribution >= 0.6 is 0 Å². The fourth-order valence-electron chi connectivity index (χ4n) is 2.92. The van der Waals surface area contributed by atoms with Gasteiger partial charge in [-0.3, -0.25) is 4.79 Å². The van der Waals surface area contributed by atoms with Crippen molar-refractivity contribution in [2.24, 2.45) is 11.7 Å². The monoisotopic (exact) mass is 275 g/mol. The fraction of sp³-hybridized carbons (Fsp3) is 0.562. The number of amides is 1. The van der Waals surface area contributed by atoms with Crippen molar-refractivity contribution in [3.05, 3.63) is 24.3 Å². The zero-order valence-corrected chi connectivity index (χ0v) is 12.6. The second kappa shape index (κ2) is 5.83. The molecule has 0 bridgehead atoms. The number of anilines is 2. The predicted molar refractivity (Wildman–Crippen MR) is 83.9 cm³/mol. The van der Waals surface area contributed by atoms with Crippen LogP contribution in [0.2, 0.25) is 0 Å². The van der Waals surface area contributed by atoms with Gasteiger partial charge in [-0.1, -0.05) is 25.8 Å². The minimum absolute atomic E-state index is 0.0556. The molecule has 0 heterocycles. The quantitative estimate of drug-likeness (QED) is 0.891. The van der Waals surface area contributed by atoms with Gasteiger partial charge in [0.1, 0.15) is 0 Å². The summed E-state index contributed by atoms with van der Waals surface area (Å²) in [5.41, 5.74) is 7.47. The van der Waals surface area contributed by atoms with Crippen LogP contribution in [0, 0.1) is 5.92 Å². The molecule has 0 aromatic heterocycles. The molecule has 1 aliphatic rings. The summed E-state index contributed by atoms with van der Waals surface area (Å²) in [5, 5.41) is 2.98. The molecule has 2 rings (SSSR count). The topological polar surface area (TPSA) is 58.4 Å². The zero-order chi connectivity index (χ0) is 14.8. The van der Waals surface area contributed by atoms with E-state index in [1.165, 1.54) is 6.42 Å². The molecule has 1 aromatic rings. The summed E-state index contributed by atoms with van der Waals surface area (Å²) in [6.45, 7) is 2.17. The summed E-state index contributed by atoms with van der Waals surface area (Å²) in [7, 11) is 3.96. The number of rotatable bonds is 3. The van der Waals surface area contributed by atoms with Crippen molar-refractivity contribution in [1.82, 2.24) is 0 Å². The van der Waals surface area contributed by atoms with Gasteiger partial charge in [-0.2, -0.15) is 0 Å². The maximum Gasteiger partial charge on any atom is 0.244 e. The highest BCUT2D eigenvalue weighted by molar-refractivity contribution is 5.98. The highest BCUT2D eigenvalue weighted by atomic mass is 16.2. The van der Waals surface area contributed by atoms with Gasteiger partial charge >= 0.3 is 0 Å². The Morgan fingerprint density at radius 2 is 2.20 bits per heavy atom. The molecule has 1 aliphatic carbocycles. The number of benzene rings is 1. The van der Waals surface area contributed by atoms with Crippen LogP contribution in [-0.2, 0) is 4.79 Å². The minimum atomic E-state index is -0.716. The van der Waals surface area contributed by atoms with Crippen LogP contribution in [0.25, 0.3) is 0 Å². The molecule has 0 saturated heterocycles. The Morgan fingerprint density at radius 3 is 2.85 bits per heavy atom. The third-order valence-corrected chi connectivity index (χ3v) is 4.11. The first-order valence-electron chi connectivity index (χ1n) is 7.28. The van der Waals surface area contributed by atoms with Gasteiger partial charge in [0.25, 0.3) is 0 Å². The molecule has 1 amide bonds. The van der Waals surface area contributed by atoms with E-state index in [2.05, 4.69) is 12.2 Å². The molecule has 4 heteroatoms. The number of nitrogens with zero attached hydrogens (tertiary/aromatic N) is 1. The van der Waals surface area contributed by atoms with Crippen LogP contribution in [0.15, 0.2) is 24.3 Å². The normalized spacial score (nSPS) is 26.1. The Balaban J connectivity index is 2.09. The van der Waals surface area contributed by atoms with Gasteiger partial charge in [0.15, 0.2) is 0 Å². The second-order valence-corrected chi connectivity index (χ2v) is 6.26. The van der Waals surface area contributed by atoms with Crippen LogP contribution in [0.1, 0.15) is 32.6 Å². The van der Waals surface area contributed by atoms with E-state index < -0.39 is 5.54 Å². The molecule has 1 fully saturated rings. The smallest absolute Gasteiger partial charge is 0.244 e. The molecule has 1 saturated carbocycles. The molecule has 3 N–H and O–H groups in total. The maximum absolute atomic E-state index is 12.5. The third kappa shape index (κ3) is 3.31. The van der Waals surface area contributed by atoms with Gasteiger partial charge in [-0.15, -0.1) is 0 Å². The lowest BCUT2D eigenvalue weighted by Crippen LogP contribution is -2.53. The Bertz CT molecular complexity index is 486. The number of carbonyl (C=O) groups is 1. The van der Waals surface area contributed by atoms with Crippen molar-refractivity contribution in [2.45, 2.75) is 38.1 Å². The lowest BCUT2D eigenvalue weighted by atomic mass is 9.76. The molecule has 0 radical (unpaired) electrons. The zero-order valence-electron chi connectivity index (χ0n) is 12.6. The van der Waals surface area contributed by atoms with E-state index >= 15 is 0 Å². The van der Waals surface area contributed by atoms with Crippen molar-refractivity contribution in [1.29, 1.82) is 0 Å². The molecular formula is C16H25N3O. The summed E-state index contributed by atoms with van der Waals surface area (Å²) < 4.78 is 0. The molecule has 110 valence electrons. The summed E-state index contributed by atoms with van der Waals surface area (Å²) >= 11 is 0. The predicted octanol–water partition coefficient (Wildman–Crippen LogP) is 2.60. The summed E-state index contributed by atoms with van der Waals surface area (Å²) in [6, 6.07) is 7.82. The van der Waals surface area contributed by atoms with Gasteiger partial charge in [0.2, 0.25) is 5.91 Å². The Morgan fingerprint density at radius 1 is 1.45 bits per heavy atom. The van der Waals surface area contributed by atoms with Gasteiger partial charge in [-0.05, 0) is 37.0 Å². The minimum Gasteiger partial charge on any atom is -0.378 e. The summed E-state index contributed by atoms with van der Waals surface area (Å²) in [6.07, 6.45) is 3.74. The van der Waals surface area contributed by atoms with Crippen molar-refractivity contribution in [2.75, 3.05) is 24.3 Å². The first-order chi connectivity index (χ1) is 9.40. The summed E-state index contributed by atoms with van der Waals surface area (Å²) in [4.78, 5) is 14.5. The molecule has 4 nitrogen and oxygen atoms in total. The first kappa shape index (κ1) is 14.9. The molecule has 0 aliphatic heterocycles. The fourth-order valence-corrected chi connectivity index (χ4v) is 2.92. The number of nitrogens with one attached hydrogen (secondary N) is 1. The third-order valence-electron chi connectivity index (χ3n) is 4.11. The molecule has 0 spiro atoms. The first-order valence-corrected chi connectivity index (χ1v) is 7.28. The van der Waals surface area contributed by atoms with E-state index in [1.807, 2.05) is 43.3 Å². The average molecular weight is 275 g/mol. The number of hydrogen-bond acceptors (Lipinski definition) is 3. The van der Waals surface area contributed by atoms with Crippen LogP contribution in [-0.4, -0.2) is 25.5 Å². The Hall–Kier alpha value is -1.55. The van der Waals surface area contributed by atoms with Crippen molar-refractivity contribution in [3.8, 4) is 0 Å². The highest BCUT2D eigenvalue weighted by Crippen LogP contribution is 2.31. The number of carbonyl (C=O) groups excluding carboxylic acids is 1. The van der Waals surface area contributed by atoms with Crippen molar-refractivity contribution in [3.63, 3.8) is 0 Å². The standard InChI is InChI=1S/C16H25N3O/c1-12-6-5-9-16(17,11-12)15(20)18-13-7-4-8-14(10-13)19(2)3/h4,7-8,10,12H,5-6,9,11,17H2,1-3H3,(H,18,20). The van der Waals surface area contributed by atoms with Gasteiger partial charge in [-0.25, -0.2) is 0 Å². The van der Waals surface area contributed by atoms with Crippen LogP contribution in [0.4, 0.5) is 11.4 Å². The second-order valence-electron chi connectivity index (χ2n) is 6.26. The van der Waals surface area contributed by atoms with Crippen molar-refractivity contribution >= 4 is 17.3 Å². The molecule has 2 atom stereocenters.